The van der Waals surface area contributed by atoms with Gasteiger partial charge in [0.1, 0.15) is 5.75 Å². The number of nitrogens with one attached hydrogen (secondary N) is 1. The summed E-state index contributed by atoms with van der Waals surface area (Å²) in [5.41, 5.74) is 1.28. The number of phenolic OH excluding ortho intramolecular Hbond substituents is 1. The monoisotopic (exact) mass is 295 g/mol. The first-order valence-corrected chi connectivity index (χ1v) is 6.50. The van der Waals surface area contributed by atoms with E-state index >= 15 is 0 Å². The normalized spacial score (nSPS) is 13.0. The first-order chi connectivity index (χ1) is 9.77. The Labute approximate surface area is 121 Å². The van der Waals surface area contributed by atoms with Crippen LogP contribution in [0.25, 0.3) is 0 Å². The van der Waals surface area contributed by atoms with Crippen LogP contribution in [0.1, 0.15) is 29.7 Å². The van der Waals surface area contributed by atoms with Gasteiger partial charge in [0.25, 0.3) is 0 Å². The lowest BCUT2D eigenvalue weighted by molar-refractivity contribution is -0.137. The van der Waals surface area contributed by atoms with Gasteiger partial charge in [0.15, 0.2) is 0 Å². The predicted molar refractivity (Wildman–Crippen MR) is 76.3 cm³/mol. The molecule has 0 aliphatic rings. The minimum absolute atomic E-state index is 0.118. The van der Waals surface area contributed by atoms with Gasteiger partial charge >= 0.3 is 6.18 Å². The molecular formula is C16H16F3NO. The molecule has 1 unspecified atom stereocenters. The molecule has 0 spiro atoms. The molecule has 0 heterocycles. The van der Waals surface area contributed by atoms with Crippen molar-refractivity contribution in [1.82, 2.24) is 0 Å². The number of anilines is 1. The molecule has 112 valence electrons. The van der Waals surface area contributed by atoms with Gasteiger partial charge in [-0.2, -0.15) is 13.2 Å². The summed E-state index contributed by atoms with van der Waals surface area (Å²) in [5, 5.41) is 12.8. The Balaban J connectivity index is 2.23. The summed E-state index contributed by atoms with van der Waals surface area (Å²) in [6, 6.07) is 9.86. The number of hydrogen-bond donors (Lipinski definition) is 2. The molecule has 2 rings (SSSR count). The summed E-state index contributed by atoms with van der Waals surface area (Å²) in [6.45, 7) is 3.68. The maximum atomic E-state index is 12.7. The van der Waals surface area contributed by atoms with Crippen LogP contribution in [0.5, 0.6) is 5.75 Å². The quantitative estimate of drug-likeness (QED) is 0.844. The van der Waals surface area contributed by atoms with Gasteiger partial charge < -0.3 is 10.4 Å². The molecule has 0 aliphatic carbocycles. The van der Waals surface area contributed by atoms with E-state index < -0.39 is 11.7 Å². The smallest absolute Gasteiger partial charge is 0.416 e. The first-order valence-electron chi connectivity index (χ1n) is 6.50. The van der Waals surface area contributed by atoms with Crippen LogP contribution in [0.3, 0.4) is 0 Å². The third-order valence-electron chi connectivity index (χ3n) is 3.22. The average molecular weight is 295 g/mol. The van der Waals surface area contributed by atoms with Gasteiger partial charge in [-0.3, -0.25) is 0 Å². The SMILES string of the molecule is Cc1ccc(O)c(C(C)Nc2cccc(C(F)(F)F)c2)c1. The van der Waals surface area contributed by atoms with Gasteiger partial charge in [0.2, 0.25) is 0 Å². The second-order valence-electron chi connectivity index (χ2n) is 5.01. The zero-order valence-corrected chi connectivity index (χ0v) is 11.7. The third-order valence-corrected chi connectivity index (χ3v) is 3.22. The van der Waals surface area contributed by atoms with E-state index in [2.05, 4.69) is 5.32 Å². The van der Waals surface area contributed by atoms with E-state index in [1.165, 1.54) is 6.07 Å². The second-order valence-corrected chi connectivity index (χ2v) is 5.01. The molecule has 5 heteroatoms. The molecule has 0 saturated carbocycles. The Morgan fingerprint density at radius 1 is 1.10 bits per heavy atom. The van der Waals surface area contributed by atoms with Crippen molar-refractivity contribution < 1.29 is 18.3 Å². The van der Waals surface area contributed by atoms with Crippen molar-refractivity contribution in [2.45, 2.75) is 26.1 Å². The van der Waals surface area contributed by atoms with Gasteiger partial charge in [-0.15, -0.1) is 0 Å². The van der Waals surface area contributed by atoms with Crippen molar-refractivity contribution in [1.29, 1.82) is 0 Å². The van der Waals surface area contributed by atoms with Gasteiger partial charge in [0, 0.05) is 11.3 Å². The molecule has 0 saturated heterocycles. The van der Waals surface area contributed by atoms with Crippen LogP contribution in [0.15, 0.2) is 42.5 Å². The highest BCUT2D eigenvalue weighted by atomic mass is 19.4. The number of aromatic hydroxyl groups is 1. The van der Waals surface area contributed by atoms with Crippen LogP contribution in [0, 0.1) is 6.92 Å². The zero-order chi connectivity index (χ0) is 15.6. The third kappa shape index (κ3) is 3.68. The fourth-order valence-corrected chi connectivity index (χ4v) is 2.13. The highest BCUT2D eigenvalue weighted by Gasteiger charge is 2.30. The minimum Gasteiger partial charge on any atom is -0.508 e. The Bertz CT molecular complexity index is 638. The van der Waals surface area contributed by atoms with E-state index in [1.54, 1.807) is 31.2 Å². The lowest BCUT2D eigenvalue weighted by Gasteiger charge is -2.18. The zero-order valence-electron chi connectivity index (χ0n) is 11.7. The fourth-order valence-electron chi connectivity index (χ4n) is 2.13. The summed E-state index contributed by atoms with van der Waals surface area (Å²) in [4.78, 5) is 0. The van der Waals surface area contributed by atoms with E-state index in [-0.39, 0.29) is 11.8 Å². The number of hydrogen-bond acceptors (Lipinski definition) is 2. The molecule has 0 fully saturated rings. The molecule has 0 aliphatic heterocycles. The number of benzene rings is 2. The summed E-state index contributed by atoms with van der Waals surface area (Å²) in [7, 11) is 0. The van der Waals surface area contributed by atoms with Crippen LogP contribution >= 0.6 is 0 Å². The van der Waals surface area contributed by atoms with Crippen molar-refractivity contribution in [2.24, 2.45) is 0 Å². The average Bonchev–Trinajstić information content (AvgIpc) is 2.41. The Morgan fingerprint density at radius 2 is 1.81 bits per heavy atom. The van der Waals surface area contributed by atoms with Gasteiger partial charge in [-0.1, -0.05) is 23.8 Å². The Kier molecular flexibility index (Phi) is 4.11. The largest absolute Gasteiger partial charge is 0.508 e. The molecule has 2 N–H and O–H groups in total. The lowest BCUT2D eigenvalue weighted by Crippen LogP contribution is -2.09. The van der Waals surface area contributed by atoms with Crippen molar-refractivity contribution in [3.63, 3.8) is 0 Å². The van der Waals surface area contributed by atoms with Gasteiger partial charge in [-0.25, -0.2) is 0 Å². The number of alkyl halides is 3. The minimum atomic E-state index is -4.37. The number of rotatable bonds is 3. The van der Waals surface area contributed by atoms with Crippen molar-refractivity contribution in [2.75, 3.05) is 5.32 Å². The van der Waals surface area contributed by atoms with E-state index in [1.807, 2.05) is 6.92 Å². The topological polar surface area (TPSA) is 32.3 Å². The highest BCUT2D eigenvalue weighted by Crippen LogP contribution is 2.32. The first kappa shape index (κ1) is 15.2. The summed E-state index contributed by atoms with van der Waals surface area (Å²) in [5.74, 6) is 0.118. The molecule has 1 atom stereocenters. The summed E-state index contributed by atoms with van der Waals surface area (Å²) < 4.78 is 38.0. The van der Waals surface area contributed by atoms with Gasteiger partial charge in [-0.05, 0) is 38.1 Å². The molecule has 21 heavy (non-hydrogen) atoms. The van der Waals surface area contributed by atoms with E-state index in [4.69, 9.17) is 0 Å². The molecule has 2 aromatic rings. The van der Waals surface area contributed by atoms with Crippen molar-refractivity contribution in [3.05, 3.63) is 59.2 Å². The highest BCUT2D eigenvalue weighted by molar-refractivity contribution is 5.50. The molecule has 0 aromatic heterocycles. The number of aryl methyl sites for hydroxylation is 1. The fraction of sp³-hybridized carbons (Fsp3) is 0.250. The van der Waals surface area contributed by atoms with Crippen LogP contribution in [0.2, 0.25) is 0 Å². The van der Waals surface area contributed by atoms with Crippen LogP contribution in [-0.2, 0) is 6.18 Å². The Morgan fingerprint density at radius 3 is 2.48 bits per heavy atom. The van der Waals surface area contributed by atoms with Crippen LogP contribution < -0.4 is 5.32 Å². The molecule has 2 nitrogen and oxygen atoms in total. The molecule has 0 bridgehead atoms. The van der Waals surface area contributed by atoms with E-state index in [0.29, 0.717) is 11.3 Å². The van der Waals surface area contributed by atoms with Crippen LogP contribution in [0.4, 0.5) is 18.9 Å². The standard InChI is InChI=1S/C16H16F3NO/c1-10-6-7-15(21)14(8-10)11(2)20-13-5-3-4-12(9-13)16(17,18)19/h3-9,11,20-21H,1-2H3. The lowest BCUT2D eigenvalue weighted by atomic mass is 10.0. The summed E-state index contributed by atoms with van der Waals surface area (Å²) >= 11 is 0. The van der Waals surface area contributed by atoms with Crippen molar-refractivity contribution >= 4 is 5.69 Å². The van der Waals surface area contributed by atoms with Crippen molar-refractivity contribution in [3.8, 4) is 5.75 Å². The second kappa shape index (κ2) is 5.68. The Hall–Kier alpha value is -2.17. The molecule has 0 radical (unpaired) electrons. The molecular weight excluding hydrogens is 279 g/mol. The molecule has 2 aromatic carbocycles. The van der Waals surface area contributed by atoms with Gasteiger partial charge in [0.05, 0.1) is 11.6 Å². The van der Waals surface area contributed by atoms with E-state index in [0.717, 1.165) is 17.7 Å². The number of halogens is 3. The maximum absolute atomic E-state index is 12.7. The van der Waals surface area contributed by atoms with Crippen LogP contribution in [-0.4, -0.2) is 5.11 Å². The summed E-state index contributed by atoms with van der Waals surface area (Å²) in [6.07, 6.45) is -4.37. The number of phenols is 1. The predicted octanol–water partition coefficient (Wildman–Crippen LogP) is 4.89. The molecule has 0 amide bonds. The maximum Gasteiger partial charge on any atom is 0.416 e. The van der Waals surface area contributed by atoms with E-state index in [9.17, 15) is 18.3 Å².